The summed E-state index contributed by atoms with van der Waals surface area (Å²) in [6, 6.07) is 13.9. The molecule has 6 atom stereocenters. The van der Waals surface area contributed by atoms with Crippen LogP contribution < -0.4 is 14.4 Å². The van der Waals surface area contributed by atoms with Crippen molar-refractivity contribution >= 4 is 23.4 Å². The van der Waals surface area contributed by atoms with E-state index >= 15 is 0 Å². The van der Waals surface area contributed by atoms with Crippen LogP contribution >= 0.6 is 0 Å². The summed E-state index contributed by atoms with van der Waals surface area (Å²) < 4.78 is 10.5. The Morgan fingerprint density at radius 3 is 2.12 bits per heavy atom. The maximum absolute atomic E-state index is 13.7. The zero-order valence-electron chi connectivity index (χ0n) is 19.1. The Balaban J connectivity index is 1.34. The number of benzene rings is 2. The third-order valence-corrected chi connectivity index (χ3v) is 7.98. The van der Waals surface area contributed by atoms with Crippen molar-refractivity contribution in [2.45, 2.75) is 6.42 Å². The van der Waals surface area contributed by atoms with Crippen molar-refractivity contribution in [3.05, 3.63) is 66.2 Å². The molecule has 3 amide bonds. The van der Waals surface area contributed by atoms with Crippen LogP contribution in [-0.4, -0.2) is 43.5 Å². The van der Waals surface area contributed by atoms with Crippen LogP contribution in [0.25, 0.3) is 0 Å². The Labute approximate surface area is 197 Å². The number of imide groups is 1. The first-order valence-corrected chi connectivity index (χ1v) is 11.7. The Kier molecular flexibility index (Phi) is 4.76. The molecular formula is C27H26N2O5. The second-order valence-electron chi connectivity index (χ2n) is 9.56. The lowest BCUT2D eigenvalue weighted by molar-refractivity contribution is -0.140. The van der Waals surface area contributed by atoms with Gasteiger partial charge in [0.25, 0.3) is 5.91 Å². The van der Waals surface area contributed by atoms with Crippen molar-refractivity contribution in [3.63, 3.8) is 0 Å². The third-order valence-electron chi connectivity index (χ3n) is 7.98. The second-order valence-corrected chi connectivity index (χ2v) is 9.56. The SMILES string of the molecule is COc1ccc(N(CN2C(=O)[C@@H]3[C@@H]4C=C[C@H]([C@H]5C[C@@H]45)[C@@H]3C2=O)C(=O)c2cccc(OC)c2)cc1. The molecule has 2 bridgehead atoms. The summed E-state index contributed by atoms with van der Waals surface area (Å²) in [6.07, 6.45) is 5.41. The number of likely N-dealkylation sites (tertiary alicyclic amines) is 1. The number of hydrogen-bond acceptors (Lipinski definition) is 5. The molecule has 34 heavy (non-hydrogen) atoms. The van der Waals surface area contributed by atoms with E-state index in [0.29, 0.717) is 34.6 Å². The molecule has 1 saturated heterocycles. The molecule has 2 aromatic rings. The number of anilines is 1. The van der Waals surface area contributed by atoms with Crippen LogP contribution in [0, 0.1) is 35.5 Å². The normalized spacial score (nSPS) is 30.1. The number of amides is 3. The number of methoxy groups -OCH3 is 2. The monoisotopic (exact) mass is 458 g/mol. The van der Waals surface area contributed by atoms with E-state index in [0.717, 1.165) is 6.42 Å². The van der Waals surface area contributed by atoms with Crippen LogP contribution in [0.3, 0.4) is 0 Å². The average molecular weight is 459 g/mol. The van der Waals surface area contributed by atoms with Gasteiger partial charge in [-0.15, -0.1) is 0 Å². The van der Waals surface area contributed by atoms with Crippen molar-refractivity contribution in [1.29, 1.82) is 0 Å². The summed E-state index contributed by atoms with van der Waals surface area (Å²) in [7, 11) is 3.12. The second kappa shape index (κ2) is 7.72. The summed E-state index contributed by atoms with van der Waals surface area (Å²) in [6.45, 7) is -0.123. The highest BCUT2D eigenvalue weighted by molar-refractivity contribution is 6.10. The number of nitrogens with zero attached hydrogens (tertiary/aromatic N) is 2. The molecule has 7 rings (SSSR count). The van der Waals surface area contributed by atoms with E-state index in [2.05, 4.69) is 12.2 Å². The number of hydrogen-bond donors (Lipinski definition) is 0. The van der Waals surface area contributed by atoms with Gasteiger partial charge in [-0.1, -0.05) is 18.2 Å². The molecule has 7 nitrogen and oxygen atoms in total. The van der Waals surface area contributed by atoms with E-state index < -0.39 is 0 Å². The highest BCUT2D eigenvalue weighted by Crippen LogP contribution is 2.65. The van der Waals surface area contributed by atoms with Crippen molar-refractivity contribution in [3.8, 4) is 11.5 Å². The topological polar surface area (TPSA) is 76.2 Å². The quantitative estimate of drug-likeness (QED) is 0.490. The molecule has 174 valence electrons. The molecule has 5 aliphatic rings. The smallest absolute Gasteiger partial charge is 0.259 e. The van der Waals surface area contributed by atoms with Gasteiger partial charge in [0, 0.05) is 11.3 Å². The molecule has 7 heteroatoms. The number of carbonyl (C=O) groups excluding carboxylic acids is 3. The van der Waals surface area contributed by atoms with Gasteiger partial charge >= 0.3 is 0 Å². The molecule has 0 spiro atoms. The van der Waals surface area contributed by atoms with Crippen LogP contribution in [0.15, 0.2) is 60.7 Å². The Morgan fingerprint density at radius 1 is 0.912 bits per heavy atom. The molecule has 0 aromatic heterocycles. The fourth-order valence-electron chi connectivity index (χ4n) is 6.24. The lowest BCUT2D eigenvalue weighted by Crippen LogP contribution is -2.45. The zero-order valence-corrected chi connectivity index (χ0v) is 19.1. The highest BCUT2D eigenvalue weighted by Gasteiger charge is 2.67. The first kappa shape index (κ1) is 21.0. The van der Waals surface area contributed by atoms with E-state index in [4.69, 9.17) is 9.47 Å². The number of carbonyl (C=O) groups is 3. The average Bonchev–Trinajstić information content (AvgIpc) is 3.67. The Hall–Kier alpha value is -3.61. The molecule has 1 heterocycles. The van der Waals surface area contributed by atoms with Crippen molar-refractivity contribution < 1.29 is 23.9 Å². The summed E-state index contributed by atoms with van der Waals surface area (Å²) in [5, 5.41) is 0. The first-order valence-electron chi connectivity index (χ1n) is 11.7. The zero-order chi connectivity index (χ0) is 23.6. The molecule has 2 aromatic carbocycles. The predicted octanol–water partition coefficient (Wildman–Crippen LogP) is 3.36. The lowest BCUT2D eigenvalue weighted by atomic mass is 9.63. The first-order chi connectivity index (χ1) is 16.5. The molecule has 4 aliphatic carbocycles. The maximum atomic E-state index is 13.7. The molecule has 3 fully saturated rings. The third kappa shape index (κ3) is 3.06. The van der Waals surface area contributed by atoms with Gasteiger partial charge in [0.05, 0.1) is 26.1 Å². The fraction of sp³-hybridized carbons (Fsp3) is 0.370. The van der Waals surface area contributed by atoms with Gasteiger partial charge < -0.3 is 9.47 Å². The number of ether oxygens (including phenoxy) is 2. The van der Waals surface area contributed by atoms with E-state index in [1.165, 1.54) is 9.80 Å². The van der Waals surface area contributed by atoms with Crippen molar-refractivity contribution in [1.82, 2.24) is 4.90 Å². The van der Waals surface area contributed by atoms with Gasteiger partial charge in [0.2, 0.25) is 11.8 Å². The Bertz CT molecular complexity index is 1170. The van der Waals surface area contributed by atoms with E-state index in [9.17, 15) is 14.4 Å². The lowest BCUT2D eigenvalue weighted by Gasteiger charge is -2.37. The van der Waals surface area contributed by atoms with Crippen LogP contribution in [0.4, 0.5) is 5.69 Å². The molecule has 0 N–H and O–H groups in total. The maximum Gasteiger partial charge on any atom is 0.259 e. The van der Waals surface area contributed by atoms with E-state index in [1.54, 1.807) is 62.8 Å². The minimum absolute atomic E-state index is 0.123. The van der Waals surface area contributed by atoms with Gasteiger partial charge in [-0.3, -0.25) is 24.2 Å². The van der Waals surface area contributed by atoms with Crippen LogP contribution in [0.2, 0.25) is 0 Å². The predicted molar refractivity (Wildman–Crippen MR) is 124 cm³/mol. The Morgan fingerprint density at radius 2 is 1.53 bits per heavy atom. The molecule has 2 saturated carbocycles. The fourth-order valence-corrected chi connectivity index (χ4v) is 6.24. The summed E-state index contributed by atoms with van der Waals surface area (Å²) in [5.74, 6) is 1.34. The van der Waals surface area contributed by atoms with Gasteiger partial charge in [-0.05, 0) is 72.6 Å². The summed E-state index contributed by atoms with van der Waals surface area (Å²) in [5.41, 5.74) is 0.989. The van der Waals surface area contributed by atoms with Gasteiger partial charge in [-0.2, -0.15) is 0 Å². The number of rotatable bonds is 6. The van der Waals surface area contributed by atoms with Gasteiger partial charge in [0.1, 0.15) is 18.2 Å². The van der Waals surface area contributed by atoms with Crippen LogP contribution in [-0.2, 0) is 9.59 Å². The molecular weight excluding hydrogens is 432 g/mol. The van der Waals surface area contributed by atoms with Crippen LogP contribution in [0.1, 0.15) is 16.8 Å². The molecule has 0 radical (unpaired) electrons. The van der Waals surface area contributed by atoms with E-state index in [-0.39, 0.29) is 48.1 Å². The van der Waals surface area contributed by atoms with Crippen molar-refractivity contribution in [2.75, 3.05) is 25.8 Å². The van der Waals surface area contributed by atoms with E-state index in [1.807, 2.05) is 0 Å². The van der Waals surface area contributed by atoms with Crippen molar-refractivity contribution in [2.24, 2.45) is 35.5 Å². The van der Waals surface area contributed by atoms with Gasteiger partial charge in [-0.25, -0.2) is 0 Å². The minimum Gasteiger partial charge on any atom is -0.497 e. The highest BCUT2D eigenvalue weighted by atomic mass is 16.5. The summed E-state index contributed by atoms with van der Waals surface area (Å²) >= 11 is 0. The molecule has 1 aliphatic heterocycles. The summed E-state index contributed by atoms with van der Waals surface area (Å²) in [4.78, 5) is 43.5. The number of allylic oxidation sites excluding steroid dienone is 2. The minimum atomic E-state index is -0.316. The van der Waals surface area contributed by atoms with Crippen LogP contribution in [0.5, 0.6) is 11.5 Å². The largest absolute Gasteiger partial charge is 0.497 e. The molecule has 0 unspecified atom stereocenters. The standard InChI is InChI=1S/C27H26N2O5/c1-33-17-8-6-16(7-9-17)28(25(30)15-4-3-5-18(12-15)34-2)14-29-26(31)23-19-10-11-20(22-13-21(19)22)24(23)27(29)32/h3-12,19-24H,13-14H2,1-2H3/t19-,20-,21-,22+,23+,24-/m1/s1. The van der Waals surface area contributed by atoms with Gasteiger partial charge in [0.15, 0.2) is 0 Å².